The summed E-state index contributed by atoms with van der Waals surface area (Å²) in [5.41, 5.74) is 1.75. The lowest BCUT2D eigenvalue weighted by Crippen LogP contribution is -2.36. The molecule has 2 rings (SSSR count). The number of benzene rings is 1. The number of nitrogens with zero attached hydrogens (tertiary/aromatic N) is 2. The van der Waals surface area contributed by atoms with Crippen LogP contribution in [0.3, 0.4) is 0 Å². The maximum atomic E-state index is 12.6. The van der Waals surface area contributed by atoms with Gasteiger partial charge >= 0.3 is 0 Å². The molecule has 5 heteroatoms. The molecule has 0 spiro atoms. The van der Waals surface area contributed by atoms with E-state index >= 15 is 0 Å². The van der Waals surface area contributed by atoms with Crippen LogP contribution in [0.15, 0.2) is 22.7 Å². The van der Waals surface area contributed by atoms with Gasteiger partial charge in [-0.2, -0.15) is 0 Å². The van der Waals surface area contributed by atoms with Crippen molar-refractivity contribution >= 4 is 27.7 Å². The summed E-state index contributed by atoms with van der Waals surface area (Å²) in [6.45, 7) is 6.19. The Balaban J connectivity index is 2.13. The Morgan fingerprint density at radius 2 is 1.75 bits per heavy atom. The van der Waals surface area contributed by atoms with Gasteiger partial charge < -0.3 is 9.80 Å². The standard InChI is InChI=1S/C15H19BrN2O2/c1-11-5-3-6-13(14(11)16)15(20)18-8-4-7-17(9-10-18)12(2)19/h3,5-6H,4,7-10H2,1-2H3. The van der Waals surface area contributed by atoms with Gasteiger partial charge in [0.15, 0.2) is 0 Å². The zero-order valence-electron chi connectivity index (χ0n) is 11.9. The minimum absolute atomic E-state index is 0.0333. The quantitative estimate of drug-likeness (QED) is 0.789. The van der Waals surface area contributed by atoms with E-state index in [1.807, 2.05) is 30.0 Å². The number of aryl methyl sites for hydroxylation is 1. The number of hydrogen-bond acceptors (Lipinski definition) is 2. The smallest absolute Gasteiger partial charge is 0.255 e. The Labute approximate surface area is 127 Å². The maximum absolute atomic E-state index is 12.6. The van der Waals surface area contributed by atoms with Crippen LogP contribution in [0.1, 0.15) is 29.3 Å². The summed E-state index contributed by atoms with van der Waals surface area (Å²) < 4.78 is 0.859. The van der Waals surface area contributed by atoms with E-state index in [9.17, 15) is 9.59 Å². The van der Waals surface area contributed by atoms with E-state index in [1.54, 1.807) is 11.8 Å². The molecule has 0 atom stereocenters. The number of rotatable bonds is 1. The number of carbonyl (C=O) groups excluding carboxylic acids is 2. The summed E-state index contributed by atoms with van der Waals surface area (Å²) in [6, 6.07) is 5.71. The molecule has 0 aliphatic carbocycles. The minimum atomic E-state index is 0.0333. The Morgan fingerprint density at radius 3 is 2.45 bits per heavy atom. The van der Waals surface area contributed by atoms with Gasteiger partial charge in [-0.1, -0.05) is 12.1 Å². The van der Waals surface area contributed by atoms with E-state index in [1.165, 1.54) is 0 Å². The van der Waals surface area contributed by atoms with E-state index in [-0.39, 0.29) is 11.8 Å². The Bertz CT molecular complexity index is 531. The highest BCUT2D eigenvalue weighted by Gasteiger charge is 2.22. The number of halogens is 1. The molecule has 0 saturated carbocycles. The first-order chi connectivity index (χ1) is 9.50. The van der Waals surface area contributed by atoms with Crippen LogP contribution in [0.2, 0.25) is 0 Å². The Morgan fingerprint density at radius 1 is 1.10 bits per heavy atom. The summed E-state index contributed by atoms with van der Waals surface area (Å²) in [7, 11) is 0. The van der Waals surface area contributed by atoms with Gasteiger partial charge in [0.25, 0.3) is 5.91 Å². The first kappa shape index (κ1) is 15.0. The van der Waals surface area contributed by atoms with Crippen LogP contribution in [0.5, 0.6) is 0 Å². The van der Waals surface area contributed by atoms with Crippen LogP contribution < -0.4 is 0 Å². The monoisotopic (exact) mass is 338 g/mol. The average Bonchev–Trinajstić information content (AvgIpc) is 2.67. The topological polar surface area (TPSA) is 40.6 Å². The van der Waals surface area contributed by atoms with Crippen LogP contribution in [0.25, 0.3) is 0 Å². The predicted molar refractivity (Wildman–Crippen MR) is 81.7 cm³/mol. The second-order valence-electron chi connectivity index (χ2n) is 5.09. The van der Waals surface area contributed by atoms with Crippen LogP contribution in [-0.2, 0) is 4.79 Å². The van der Waals surface area contributed by atoms with Crippen molar-refractivity contribution < 1.29 is 9.59 Å². The summed E-state index contributed by atoms with van der Waals surface area (Å²) in [4.78, 5) is 27.6. The fourth-order valence-electron chi connectivity index (χ4n) is 2.42. The molecule has 1 heterocycles. The minimum Gasteiger partial charge on any atom is -0.341 e. The largest absolute Gasteiger partial charge is 0.341 e. The molecule has 1 aromatic rings. The molecule has 1 aliphatic rings. The lowest BCUT2D eigenvalue weighted by Gasteiger charge is -2.22. The molecule has 20 heavy (non-hydrogen) atoms. The highest BCUT2D eigenvalue weighted by Crippen LogP contribution is 2.23. The van der Waals surface area contributed by atoms with Gasteiger partial charge in [0.2, 0.25) is 5.91 Å². The molecule has 1 aromatic carbocycles. The second kappa shape index (κ2) is 6.39. The van der Waals surface area contributed by atoms with Gasteiger partial charge in [0.1, 0.15) is 0 Å². The molecular weight excluding hydrogens is 320 g/mol. The maximum Gasteiger partial charge on any atom is 0.255 e. The van der Waals surface area contributed by atoms with E-state index in [4.69, 9.17) is 0 Å². The van der Waals surface area contributed by atoms with Crippen molar-refractivity contribution in [3.05, 3.63) is 33.8 Å². The number of amides is 2. The van der Waals surface area contributed by atoms with Gasteiger partial charge in [-0.15, -0.1) is 0 Å². The fraction of sp³-hybridized carbons (Fsp3) is 0.467. The van der Waals surface area contributed by atoms with E-state index in [2.05, 4.69) is 15.9 Å². The first-order valence-electron chi connectivity index (χ1n) is 6.80. The number of carbonyl (C=O) groups is 2. The van der Waals surface area contributed by atoms with E-state index in [0.29, 0.717) is 25.2 Å². The Hall–Kier alpha value is -1.36. The molecule has 0 aromatic heterocycles. The molecule has 2 amide bonds. The van der Waals surface area contributed by atoms with Crippen LogP contribution in [0, 0.1) is 6.92 Å². The van der Waals surface area contributed by atoms with Crippen LogP contribution in [0.4, 0.5) is 0 Å². The average molecular weight is 339 g/mol. The molecular formula is C15H19BrN2O2. The molecule has 1 aliphatic heterocycles. The SMILES string of the molecule is CC(=O)N1CCCN(C(=O)c2cccc(C)c2Br)CC1. The van der Waals surface area contributed by atoms with Crippen molar-refractivity contribution in [2.24, 2.45) is 0 Å². The third kappa shape index (κ3) is 3.20. The Kier molecular flexibility index (Phi) is 4.81. The molecule has 1 saturated heterocycles. The molecule has 1 fully saturated rings. The molecule has 0 radical (unpaired) electrons. The van der Waals surface area contributed by atoms with Crippen molar-refractivity contribution in [3.63, 3.8) is 0 Å². The van der Waals surface area contributed by atoms with Gasteiger partial charge in [-0.05, 0) is 40.9 Å². The molecule has 4 nitrogen and oxygen atoms in total. The highest BCUT2D eigenvalue weighted by atomic mass is 79.9. The van der Waals surface area contributed by atoms with Crippen molar-refractivity contribution in [2.75, 3.05) is 26.2 Å². The lowest BCUT2D eigenvalue weighted by atomic mass is 10.1. The summed E-state index contributed by atoms with van der Waals surface area (Å²) in [6.07, 6.45) is 0.828. The van der Waals surface area contributed by atoms with Crippen molar-refractivity contribution in [1.29, 1.82) is 0 Å². The van der Waals surface area contributed by atoms with E-state index < -0.39 is 0 Å². The third-order valence-corrected chi connectivity index (χ3v) is 4.70. The molecule has 0 bridgehead atoms. The second-order valence-corrected chi connectivity index (χ2v) is 5.88. The van der Waals surface area contributed by atoms with Crippen molar-refractivity contribution in [2.45, 2.75) is 20.3 Å². The lowest BCUT2D eigenvalue weighted by molar-refractivity contribution is -0.128. The molecule has 108 valence electrons. The third-order valence-electron chi connectivity index (χ3n) is 3.65. The van der Waals surface area contributed by atoms with Crippen molar-refractivity contribution in [3.8, 4) is 0 Å². The highest BCUT2D eigenvalue weighted by molar-refractivity contribution is 9.10. The zero-order valence-corrected chi connectivity index (χ0v) is 13.4. The van der Waals surface area contributed by atoms with Crippen molar-refractivity contribution in [1.82, 2.24) is 9.80 Å². The van der Waals surface area contributed by atoms with Crippen LogP contribution in [-0.4, -0.2) is 47.8 Å². The molecule has 0 unspecified atom stereocenters. The number of hydrogen-bond donors (Lipinski definition) is 0. The van der Waals surface area contributed by atoms with Gasteiger partial charge in [-0.3, -0.25) is 9.59 Å². The fourth-order valence-corrected chi connectivity index (χ4v) is 2.85. The molecule has 0 N–H and O–H groups in total. The summed E-state index contributed by atoms with van der Waals surface area (Å²) in [5.74, 6) is 0.113. The van der Waals surface area contributed by atoms with Gasteiger partial charge in [-0.25, -0.2) is 0 Å². The zero-order chi connectivity index (χ0) is 14.7. The summed E-state index contributed by atoms with van der Waals surface area (Å²) >= 11 is 3.49. The van der Waals surface area contributed by atoms with Crippen LogP contribution >= 0.6 is 15.9 Å². The van der Waals surface area contributed by atoms with E-state index in [0.717, 1.165) is 23.0 Å². The van der Waals surface area contributed by atoms with Gasteiger partial charge in [0, 0.05) is 37.6 Å². The first-order valence-corrected chi connectivity index (χ1v) is 7.60. The predicted octanol–water partition coefficient (Wildman–Crippen LogP) is 2.45. The van der Waals surface area contributed by atoms with Gasteiger partial charge in [0.05, 0.1) is 5.56 Å². The summed E-state index contributed by atoms with van der Waals surface area (Å²) in [5, 5.41) is 0. The normalized spacial score (nSPS) is 15.9.